The van der Waals surface area contributed by atoms with Gasteiger partial charge in [0.15, 0.2) is 5.84 Å². The quantitative estimate of drug-likeness (QED) is 0.185. The number of nitrogens with two attached hydrogens (primary N) is 1. The molecule has 0 spiro atoms. The highest BCUT2D eigenvalue weighted by Crippen LogP contribution is 2.09. The van der Waals surface area contributed by atoms with Gasteiger partial charge in [0.25, 0.3) is 0 Å². The number of carbonyl (C=O) groups is 1. The van der Waals surface area contributed by atoms with Gasteiger partial charge in [-0.05, 0) is 0 Å². The summed E-state index contributed by atoms with van der Waals surface area (Å²) >= 11 is 0. The number of rotatable bonds is 2. The molecule has 0 aromatic carbocycles. The van der Waals surface area contributed by atoms with Crippen molar-refractivity contribution in [2.24, 2.45) is 10.9 Å². The first-order chi connectivity index (χ1) is 6.69. The topological polar surface area (TPSA) is 128 Å². The number of urea groups is 1. The van der Waals surface area contributed by atoms with Crippen molar-refractivity contribution >= 4 is 17.7 Å². The molecule has 0 saturated heterocycles. The standard InChI is InChI=1S/C6H10N6O2/c1-8-6(13)10-5-3(2-9-11-5)4(7)12-14/h2,14H,1H3,(H2,7,12)(H3,8,9,10,11,13). The van der Waals surface area contributed by atoms with E-state index in [1.807, 2.05) is 0 Å². The lowest BCUT2D eigenvalue weighted by molar-refractivity contribution is 0.254. The molecule has 1 heterocycles. The average molecular weight is 198 g/mol. The maximum atomic E-state index is 10.9. The van der Waals surface area contributed by atoms with Crippen molar-refractivity contribution in [3.05, 3.63) is 11.8 Å². The minimum absolute atomic E-state index is 0.134. The molecular weight excluding hydrogens is 188 g/mol. The molecule has 0 aliphatic rings. The van der Waals surface area contributed by atoms with E-state index < -0.39 is 6.03 Å². The third-order valence-electron chi connectivity index (χ3n) is 1.49. The van der Waals surface area contributed by atoms with Gasteiger partial charge in [-0.25, -0.2) is 4.79 Å². The van der Waals surface area contributed by atoms with E-state index >= 15 is 0 Å². The van der Waals surface area contributed by atoms with Crippen LogP contribution in [0.4, 0.5) is 10.6 Å². The second kappa shape index (κ2) is 4.12. The largest absolute Gasteiger partial charge is 0.409 e. The Hall–Kier alpha value is -2.25. The zero-order valence-corrected chi connectivity index (χ0v) is 7.40. The minimum atomic E-state index is -0.429. The van der Waals surface area contributed by atoms with Gasteiger partial charge in [-0.15, -0.1) is 0 Å². The Labute approximate surface area is 79.2 Å². The summed E-state index contributed by atoms with van der Waals surface area (Å²) in [4.78, 5) is 10.9. The van der Waals surface area contributed by atoms with E-state index in [1.165, 1.54) is 13.2 Å². The van der Waals surface area contributed by atoms with Crippen LogP contribution in [-0.4, -0.2) is 34.3 Å². The summed E-state index contributed by atoms with van der Waals surface area (Å²) in [5.41, 5.74) is 5.64. The van der Waals surface area contributed by atoms with E-state index in [-0.39, 0.29) is 11.7 Å². The number of oxime groups is 1. The van der Waals surface area contributed by atoms with Gasteiger partial charge in [0.1, 0.15) is 5.82 Å². The molecule has 0 atom stereocenters. The number of amides is 2. The summed E-state index contributed by atoms with van der Waals surface area (Å²) in [6, 6.07) is -0.429. The average Bonchev–Trinajstić information content (AvgIpc) is 2.64. The number of nitrogens with one attached hydrogen (secondary N) is 3. The summed E-state index contributed by atoms with van der Waals surface area (Å²) < 4.78 is 0. The van der Waals surface area contributed by atoms with Crippen LogP contribution in [0.15, 0.2) is 11.4 Å². The first-order valence-corrected chi connectivity index (χ1v) is 3.69. The molecule has 0 saturated carbocycles. The van der Waals surface area contributed by atoms with Crippen molar-refractivity contribution in [3.8, 4) is 0 Å². The van der Waals surface area contributed by atoms with Crippen LogP contribution in [0.3, 0.4) is 0 Å². The molecule has 0 aliphatic carbocycles. The Morgan fingerprint density at radius 1 is 1.79 bits per heavy atom. The van der Waals surface area contributed by atoms with Crippen LogP contribution in [0, 0.1) is 0 Å². The Bertz CT molecular complexity index is 357. The first kappa shape index (κ1) is 9.84. The highest BCUT2D eigenvalue weighted by atomic mass is 16.4. The maximum Gasteiger partial charge on any atom is 0.320 e. The minimum Gasteiger partial charge on any atom is -0.409 e. The van der Waals surface area contributed by atoms with E-state index in [2.05, 4.69) is 26.0 Å². The Kier molecular flexibility index (Phi) is 2.89. The van der Waals surface area contributed by atoms with Gasteiger partial charge in [-0.3, -0.25) is 10.4 Å². The molecule has 0 bridgehead atoms. The van der Waals surface area contributed by atoms with E-state index in [9.17, 15) is 4.79 Å². The van der Waals surface area contributed by atoms with Crippen LogP contribution in [0.5, 0.6) is 0 Å². The number of aromatic nitrogens is 2. The molecule has 1 rings (SSSR count). The lowest BCUT2D eigenvalue weighted by Crippen LogP contribution is -2.26. The third-order valence-corrected chi connectivity index (χ3v) is 1.49. The molecule has 1 aromatic rings. The van der Waals surface area contributed by atoms with Gasteiger partial charge in [0, 0.05) is 7.05 Å². The zero-order valence-electron chi connectivity index (χ0n) is 7.40. The van der Waals surface area contributed by atoms with E-state index in [1.54, 1.807) is 0 Å². The van der Waals surface area contributed by atoms with Gasteiger partial charge in [-0.1, -0.05) is 5.16 Å². The van der Waals surface area contributed by atoms with Crippen molar-refractivity contribution in [2.75, 3.05) is 12.4 Å². The molecule has 0 fully saturated rings. The molecule has 0 aliphatic heterocycles. The normalized spacial score (nSPS) is 11.1. The first-order valence-electron chi connectivity index (χ1n) is 3.69. The molecule has 6 N–H and O–H groups in total. The molecule has 14 heavy (non-hydrogen) atoms. The van der Waals surface area contributed by atoms with Gasteiger partial charge in [-0.2, -0.15) is 5.10 Å². The second-order valence-electron chi connectivity index (χ2n) is 2.35. The number of H-pyrrole nitrogens is 1. The Balaban J connectivity index is 2.88. The fraction of sp³-hybridized carbons (Fsp3) is 0.167. The number of nitrogens with zero attached hydrogens (tertiary/aromatic N) is 2. The van der Waals surface area contributed by atoms with Crippen LogP contribution >= 0.6 is 0 Å². The SMILES string of the molecule is CNC(=O)Nc1[nH]ncc1C(N)=NO. The lowest BCUT2D eigenvalue weighted by Gasteiger charge is -2.02. The van der Waals surface area contributed by atoms with Crippen LogP contribution in [0.1, 0.15) is 5.56 Å². The van der Waals surface area contributed by atoms with Crippen molar-refractivity contribution in [3.63, 3.8) is 0 Å². The summed E-state index contributed by atoms with van der Waals surface area (Å²) in [7, 11) is 1.47. The molecule has 76 valence electrons. The van der Waals surface area contributed by atoms with Gasteiger partial charge >= 0.3 is 6.03 Å². The maximum absolute atomic E-state index is 10.9. The summed E-state index contributed by atoms with van der Waals surface area (Å²) in [6.07, 6.45) is 1.33. The fourth-order valence-corrected chi connectivity index (χ4v) is 0.806. The third kappa shape index (κ3) is 1.91. The monoisotopic (exact) mass is 198 g/mol. The number of carbonyl (C=O) groups excluding carboxylic acids is 1. The second-order valence-corrected chi connectivity index (χ2v) is 2.35. The van der Waals surface area contributed by atoms with Crippen LogP contribution in [0.25, 0.3) is 0 Å². The lowest BCUT2D eigenvalue weighted by atomic mass is 10.3. The van der Waals surface area contributed by atoms with Crippen LogP contribution < -0.4 is 16.4 Å². The molecule has 2 amide bonds. The zero-order chi connectivity index (χ0) is 10.6. The van der Waals surface area contributed by atoms with Crippen molar-refractivity contribution in [1.82, 2.24) is 15.5 Å². The molecule has 1 aromatic heterocycles. The molecular formula is C6H10N6O2. The van der Waals surface area contributed by atoms with Crippen LogP contribution in [-0.2, 0) is 0 Å². The fourth-order valence-electron chi connectivity index (χ4n) is 0.806. The molecule has 8 heteroatoms. The highest BCUT2D eigenvalue weighted by Gasteiger charge is 2.10. The van der Waals surface area contributed by atoms with Gasteiger partial charge in [0.2, 0.25) is 0 Å². The number of hydrogen-bond donors (Lipinski definition) is 5. The van der Waals surface area contributed by atoms with Crippen molar-refractivity contribution in [2.45, 2.75) is 0 Å². The van der Waals surface area contributed by atoms with Gasteiger partial charge in [0.05, 0.1) is 11.8 Å². The summed E-state index contributed by atoms with van der Waals surface area (Å²) in [5, 5.41) is 22.1. The highest BCUT2D eigenvalue weighted by molar-refractivity contribution is 6.03. The van der Waals surface area contributed by atoms with E-state index in [4.69, 9.17) is 10.9 Å². The predicted molar refractivity (Wildman–Crippen MR) is 49.2 cm³/mol. The predicted octanol–water partition coefficient (Wildman–Crippen LogP) is -0.744. The van der Waals surface area contributed by atoms with E-state index in [0.29, 0.717) is 5.56 Å². The Morgan fingerprint density at radius 2 is 2.50 bits per heavy atom. The smallest absolute Gasteiger partial charge is 0.320 e. The molecule has 0 unspecified atom stereocenters. The molecule has 8 nitrogen and oxygen atoms in total. The molecule has 0 radical (unpaired) electrons. The summed E-state index contributed by atoms with van der Waals surface area (Å²) in [5.74, 6) is 0.129. The van der Waals surface area contributed by atoms with E-state index in [0.717, 1.165) is 0 Å². The van der Waals surface area contributed by atoms with Crippen molar-refractivity contribution in [1.29, 1.82) is 0 Å². The summed E-state index contributed by atoms with van der Waals surface area (Å²) in [6.45, 7) is 0. The Morgan fingerprint density at radius 3 is 3.07 bits per heavy atom. The number of aromatic amines is 1. The number of amidine groups is 1. The van der Waals surface area contributed by atoms with Crippen LogP contribution in [0.2, 0.25) is 0 Å². The number of hydrogen-bond acceptors (Lipinski definition) is 4. The van der Waals surface area contributed by atoms with Gasteiger partial charge < -0.3 is 16.3 Å². The number of anilines is 1. The van der Waals surface area contributed by atoms with Crippen molar-refractivity contribution < 1.29 is 10.0 Å².